The molecule has 0 saturated carbocycles. The summed E-state index contributed by atoms with van der Waals surface area (Å²) in [6.45, 7) is 9.11. The first-order valence-electron chi connectivity index (χ1n) is 4.60. The van der Waals surface area contributed by atoms with E-state index in [1.165, 1.54) is 0 Å². The van der Waals surface area contributed by atoms with Gasteiger partial charge in [0.05, 0.1) is 25.4 Å². The summed E-state index contributed by atoms with van der Waals surface area (Å²) in [6.07, 6.45) is 0. The van der Waals surface area contributed by atoms with Crippen molar-refractivity contribution in [3.8, 4) is 0 Å². The third kappa shape index (κ3) is 7.76. The van der Waals surface area contributed by atoms with Gasteiger partial charge < -0.3 is 14.6 Å². The van der Waals surface area contributed by atoms with Crippen LogP contribution in [0, 0.1) is 5.92 Å². The minimum atomic E-state index is -1.02. The second-order valence-corrected chi connectivity index (χ2v) is 3.43. The van der Waals surface area contributed by atoms with Crippen LogP contribution in [0.3, 0.4) is 0 Å². The molecule has 4 nitrogen and oxygen atoms in total. The fourth-order valence-corrected chi connectivity index (χ4v) is 0.694. The molecular weight excluding hydrogens is 184 g/mol. The summed E-state index contributed by atoms with van der Waals surface area (Å²) >= 11 is 0. The standard InChI is InChI=1S/C10H18O4/c1-8(2)6-13-4-5-14-7-9(3)10(11)12/h8H,3-7H2,1-2H3,(H,11,12). The molecule has 0 aliphatic rings. The number of carboxylic acid groups (broad SMARTS) is 1. The van der Waals surface area contributed by atoms with Crippen LogP contribution < -0.4 is 0 Å². The van der Waals surface area contributed by atoms with Crippen molar-refractivity contribution >= 4 is 5.97 Å². The molecule has 82 valence electrons. The molecule has 0 spiro atoms. The first-order chi connectivity index (χ1) is 6.54. The largest absolute Gasteiger partial charge is 0.478 e. The molecule has 0 aromatic rings. The minimum Gasteiger partial charge on any atom is -0.478 e. The van der Waals surface area contributed by atoms with E-state index >= 15 is 0 Å². The molecule has 0 radical (unpaired) electrons. The summed E-state index contributed by atoms with van der Waals surface area (Å²) in [4.78, 5) is 10.3. The highest BCUT2D eigenvalue weighted by Crippen LogP contribution is 1.94. The van der Waals surface area contributed by atoms with Crippen LogP contribution >= 0.6 is 0 Å². The maximum Gasteiger partial charge on any atom is 0.333 e. The zero-order chi connectivity index (χ0) is 11.0. The van der Waals surface area contributed by atoms with Gasteiger partial charge in [0.25, 0.3) is 0 Å². The quantitative estimate of drug-likeness (QED) is 0.476. The van der Waals surface area contributed by atoms with Crippen molar-refractivity contribution in [1.82, 2.24) is 0 Å². The molecule has 0 aliphatic carbocycles. The Balaban J connectivity index is 3.22. The predicted molar refractivity (Wildman–Crippen MR) is 53.3 cm³/mol. The maximum absolute atomic E-state index is 10.3. The smallest absolute Gasteiger partial charge is 0.333 e. The van der Waals surface area contributed by atoms with Gasteiger partial charge >= 0.3 is 5.97 Å². The molecule has 14 heavy (non-hydrogen) atoms. The first kappa shape index (κ1) is 13.1. The first-order valence-corrected chi connectivity index (χ1v) is 4.60. The zero-order valence-corrected chi connectivity index (χ0v) is 8.78. The number of hydrogen-bond donors (Lipinski definition) is 1. The molecule has 0 fully saturated rings. The van der Waals surface area contributed by atoms with Crippen molar-refractivity contribution in [2.24, 2.45) is 5.92 Å². The van der Waals surface area contributed by atoms with E-state index in [2.05, 4.69) is 20.4 Å². The average Bonchev–Trinajstić information content (AvgIpc) is 2.09. The summed E-state index contributed by atoms with van der Waals surface area (Å²) in [5.74, 6) is -0.517. The van der Waals surface area contributed by atoms with E-state index in [1.807, 2.05) is 0 Å². The van der Waals surface area contributed by atoms with Gasteiger partial charge in [-0.15, -0.1) is 0 Å². The van der Waals surface area contributed by atoms with Gasteiger partial charge in [-0.25, -0.2) is 4.79 Å². The molecule has 0 bridgehead atoms. The van der Waals surface area contributed by atoms with E-state index in [-0.39, 0.29) is 12.2 Å². The zero-order valence-electron chi connectivity index (χ0n) is 8.78. The Labute approximate surface area is 84.5 Å². The van der Waals surface area contributed by atoms with Gasteiger partial charge in [-0.05, 0) is 5.92 Å². The van der Waals surface area contributed by atoms with Crippen molar-refractivity contribution in [3.63, 3.8) is 0 Å². The van der Waals surface area contributed by atoms with E-state index < -0.39 is 5.97 Å². The molecule has 0 aromatic carbocycles. The SMILES string of the molecule is C=C(COCCOCC(C)C)C(=O)O. The van der Waals surface area contributed by atoms with Crippen LogP contribution in [0.2, 0.25) is 0 Å². The van der Waals surface area contributed by atoms with E-state index in [0.717, 1.165) is 0 Å². The van der Waals surface area contributed by atoms with Crippen molar-refractivity contribution in [3.05, 3.63) is 12.2 Å². The lowest BCUT2D eigenvalue weighted by molar-refractivity contribution is -0.133. The third-order valence-electron chi connectivity index (χ3n) is 1.40. The van der Waals surface area contributed by atoms with Crippen LogP contribution in [0.4, 0.5) is 0 Å². The van der Waals surface area contributed by atoms with Gasteiger partial charge in [0, 0.05) is 6.61 Å². The monoisotopic (exact) mass is 202 g/mol. The van der Waals surface area contributed by atoms with Crippen LogP contribution in [-0.2, 0) is 14.3 Å². The van der Waals surface area contributed by atoms with Crippen LogP contribution in [0.15, 0.2) is 12.2 Å². The average molecular weight is 202 g/mol. The summed E-state index contributed by atoms with van der Waals surface area (Å²) in [5.41, 5.74) is 0.0638. The Morgan fingerprint density at radius 3 is 2.43 bits per heavy atom. The molecule has 0 aromatic heterocycles. The van der Waals surface area contributed by atoms with Gasteiger partial charge in [0.15, 0.2) is 0 Å². The molecule has 0 atom stereocenters. The Kier molecular flexibility index (Phi) is 7.06. The second-order valence-electron chi connectivity index (χ2n) is 3.43. The van der Waals surface area contributed by atoms with E-state index in [0.29, 0.717) is 25.7 Å². The lowest BCUT2D eigenvalue weighted by Crippen LogP contribution is -2.12. The Bertz CT molecular complexity index is 187. The van der Waals surface area contributed by atoms with Crippen molar-refractivity contribution in [2.75, 3.05) is 26.4 Å². The highest BCUT2D eigenvalue weighted by molar-refractivity contribution is 5.85. The second kappa shape index (κ2) is 7.53. The van der Waals surface area contributed by atoms with E-state index in [9.17, 15) is 4.79 Å². The van der Waals surface area contributed by atoms with Crippen molar-refractivity contribution in [1.29, 1.82) is 0 Å². The lowest BCUT2D eigenvalue weighted by atomic mass is 10.2. The Hall–Kier alpha value is -0.870. The summed E-state index contributed by atoms with van der Waals surface area (Å²) in [6, 6.07) is 0. The van der Waals surface area contributed by atoms with Gasteiger partial charge in [-0.2, -0.15) is 0 Å². The minimum absolute atomic E-state index is 0.0559. The van der Waals surface area contributed by atoms with Gasteiger partial charge in [0.2, 0.25) is 0 Å². The number of hydrogen-bond acceptors (Lipinski definition) is 3. The summed E-state index contributed by atoms with van der Waals surface area (Å²) in [5, 5.41) is 8.45. The van der Waals surface area contributed by atoms with Crippen LogP contribution in [0.5, 0.6) is 0 Å². The number of aliphatic carboxylic acids is 1. The topological polar surface area (TPSA) is 55.8 Å². The van der Waals surface area contributed by atoms with E-state index in [4.69, 9.17) is 14.6 Å². The van der Waals surface area contributed by atoms with Crippen LogP contribution in [-0.4, -0.2) is 37.5 Å². The number of ether oxygens (including phenoxy) is 2. The molecule has 4 heteroatoms. The van der Waals surface area contributed by atoms with Crippen molar-refractivity contribution in [2.45, 2.75) is 13.8 Å². The highest BCUT2D eigenvalue weighted by atomic mass is 16.5. The van der Waals surface area contributed by atoms with Gasteiger partial charge in [-0.3, -0.25) is 0 Å². The lowest BCUT2D eigenvalue weighted by Gasteiger charge is -2.07. The van der Waals surface area contributed by atoms with E-state index in [1.54, 1.807) is 0 Å². The van der Waals surface area contributed by atoms with Crippen LogP contribution in [0.1, 0.15) is 13.8 Å². The molecule has 0 saturated heterocycles. The fourth-order valence-electron chi connectivity index (χ4n) is 0.694. The van der Waals surface area contributed by atoms with Crippen LogP contribution in [0.25, 0.3) is 0 Å². The van der Waals surface area contributed by atoms with Gasteiger partial charge in [0.1, 0.15) is 0 Å². The maximum atomic E-state index is 10.3. The number of carbonyl (C=O) groups is 1. The van der Waals surface area contributed by atoms with Gasteiger partial charge in [-0.1, -0.05) is 20.4 Å². The Morgan fingerprint density at radius 2 is 1.93 bits per heavy atom. The molecule has 0 aliphatic heterocycles. The molecule has 0 unspecified atom stereocenters. The normalized spacial score (nSPS) is 10.5. The Morgan fingerprint density at radius 1 is 1.36 bits per heavy atom. The molecular formula is C10H18O4. The molecule has 0 amide bonds. The number of rotatable bonds is 8. The highest BCUT2D eigenvalue weighted by Gasteiger charge is 2.02. The third-order valence-corrected chi connectivity index (χ3v) is 1.40. The van der Waals surface area contributed by atoms with Crippen molar-refractivity contribution < 1.29 is 19.4 Å². The predicted octanol–water partition coefficient (Wildman–Crippen LogP) is 1.32. The molecule has 0 heterocycles. The molecule has 0 rings (SSSR count). The number of carboxylic acids is 1. The fraction of sp³-hybridized carbons (Fsp3) is 0.700. The molecule has 1 N–H and O–H groups in total. The summed E-state index contributed by atoms with van der Waals surface area (Å²) < 4.78 is 10.3. The summed E-state index contributed by atoms with van der Waals surface area (Å²) in [7, 11) is 0.